The Balaban J connectivity index is 1.55. The molecule has 0 bridgehead atoms. The number of pyridine rings is 1. The molecule has 10 heteroatoms. The number of hydrogen-bond donors (Lipinski definition) is 2. The van der Waals surface area contributed by atoms with E-state index in [1.54, 1.807) is 13.0 Å². The highest BCUT2D eigenvalue weighted by Gasteiger charge is 2.49. The van der Waals surface area contributed by atoms with Gasteiger partial charge in [-0.1, -0.05) is 36.4 Å². The molecule has 3 aromatic rings. The number of nitro groups is 1. The fraction of sp³-hybridized carbons (Fsp3) is 0.143. The molecule has 1 unspecified atom stereocenters. The van der Waals surface area contributed by atoms with Crippen LogP contribution in [0.3, 0.4) is 0 Å². The molecule has 2 aromatic carbocycles. The molecular weight excluding hydrogens is 402 g/mol. The van der Waals surface area contributed by atoms with Crippen LogP contribution in [0.5, 0.6) is 0 Å². The molecule has 156 valence electrons. The Morgan fingerprint density at radius 3 is 2.68 bits per heavy atom. The Bertz CT molecular complexity index is 1240. The number of amides is 4. The standard InChI is InChI=1S/C21H17N5O5/c1-21(15-7-6-13-4-2-3-5-14(13)10-15)19(28)25(20(29)24-21)12-18(27)23-16-8-9-22-11-17(16)26(30)31/h2-11H,12H2,1H3,(H,24,29)(H,22,23,27). The lowest BCUT2D eigenvalue weighted by Gasteiger charge is -2.22. The Morgan fingerprint density at radius 2 is 1.94 bits per heavy atom. The van der Waals surface area contributed by atoms with Crippen molar-refractivity contribution in [3.8, 4) is 0 Å². The first-order chi connectivity index (χ1) is 14.8. The van der Waals surface area contributed by atoms with E-state index in [0.717, 1.165) is 21.9 Å². The van der Waals surface area contributed by atoms with Crippen LogP contribution in [-0.2, 0) is 15.1 Å². The first-order valence-corrected chi connectivity index (χ1v) is 9.31. The number of benzene rings is 2. The van der Waals surface area contributed by atoms with E-state index >= 15 is 0 Å². The molecule has 2 N–H and O–H groups in total. The summed E-state index contributed by atoms with van der Waals surface area (Å²) in [5, 5.41) is 18.0. The number of imide groups is 1. The normalized spacial score (nSPS) is 18.2. The van der Waals surface area contributed by atoms with E-state index in [2.05, 4.69) is 15.6 Å². The Labute approximate surface area is 176 Å². The molecule has 0 saturated carbocycles. The number of urea groups is 1. The summed E-state index contributed by atoms with van der Waals surface area (Å²) in [5.41, 5.74) is -1.23. The van der Waals surface area contributed by atoms with Gasteiger partial charge >= 0.3 is 11.7 Å². The summed E-state index contributed by atoms with van der Waals surface area (Å²) in [6.45, 7) is 0.982. The third-order valence-electron chi connectivity index (χ3n) is 5.17. The van der Waals surface area contributed by atoms with E-state index < -0.39 is 40.5 Å². The molecule has 1 aromatic heterocycles. The number of carbonyl (C=O) groups excluding carboxylic acids is 3. The predicted molar refractivity (Wildman–Crippen MR) is 111 cm³/mol. The summed E-state index contributed by atoms with van der Waals surface area (Å²) in [7, 11) is 0. The van der Waals surface area contributed by atoms with Crippen LogP contribution >= 0.6 is 0 Å². The van der Waals surface area contributed by atoms with Gasteiger partial charge in [-0.2, -0.15) is 0 Å². The van der Waals surface area contributed by atoms with Gasteiger partial charge < -0.3 is 10.6 Å². The molecule has 4 amide bonds. The van der Waals surface area contributed by atoms with Crippen LogP contribution in [0.1, 0.15) is 12.5 Å². The maximum Gasteiger partial charge on any atom is 0.325 e. The number of fused-ring (bicyclic) bond motifs is 1. The van der Waals surface area contributed by atoms with Crippen LogP contribution in [0, 0.1) is 10.1 Å². The minimum atomic E-state index is -1.34. The topological polar surface area (TPSA) is 135 Å². The maximum atomic E-state index is 13.1. The van der Waals surface area contributed by atoms with Crippen LogP contribution in [-0.4, -0.2) is 39.2 Å². The lowest BCUT2D eigenvalue weighted by Crippen LogP contribution is -2.42. The second-order valence-corrected chi connectivity index (χ2v) is 7.21. The van der Waals surface area contributed by atoms with Crippen molar-refractivity contribution in [3.63, 3.8) is 0 Å². The highest BCUT2D eigenvalue weighted by Crippen LogP contribution is 2.31. The third-order valence-corrected chi connectivity index (χ3v) is 5.17. The van der Waals surface area contributed by atoms with Gasteiger partial charge in [0, 0.05) is 6.20 Å². The quantitative estimate of drug-likeness (QED) is 0.371. The number of anilines is 1. The van der Waals surface area contributed by atoms with Crippen LogP contribution < -0.4 is 10.6 Å². The Morgan fingerprint density at radius 1 is 1.19 bits per heavy atom. The average Bonchev–Trinajstić information content (AvgIpc) is 2.97. The van der Waals surface area contributed by atoms with Gasteiger partial charge in [0.25, 0.3) is 5.91 Å². The van der Waals surface area contributed by atoms with Crippen molar-refractivity contribution in [2.45, 2.75) is 12.5 Å². The minimum absolute atomic E-state index is 0.0747. The molecule has 10 nitrogen and oxygen atoms in total. The summed E-state index contributed by atoms with van der Waals surface area (Å²) in [6, 6.07) is 13.6. The van der Waals surface area contributed by atoms with Crippen molar-refractivity contribution in [3.05, 3.63) is 76.6 Å². The van der Waals surface area contributed by atoms with E-state index in [4.69, 9.17) is 0 Å². The van der Waals surface area contributed by atoms with Crippen molar-refractivity contribution < 1.29 is 19.3 Å². The van der Waals surface area contributed by atoms with Crippen LogP contribution in [0.25, 0.3) is 10.8 Å². The summed E-state index contributed by atoms with van der Waals surface area (Å²) in [4.78, 5) is 52.8. The van der Waals surface area contributed by atoms with E-state index in [9.17, 15) is 24.5 Å². The van der Waals surface area contributed by atoms with Crippen LogP contribution in [0.4, 0.5) is 16.2 Å². The number of hydrogen-bond acceptors (Lipinski definition) is 6. The molecule has 1 fully saturated rings. The van der Waals surface area contributed by atoms with E-state index in [1.165, 1.54) is 12.3 Å². The van der Waals surface area contributed by atoms with E-state index in [0.29, 0.717) is 5.56 Å². The number of aromatic nitrogens is 1. The summed E-state index contributed by atoms with van der Waals surface area (Å²) in [5.74, 6) is -1.34. The van der Waals surface area contributed by atoms with Gasteiger partial charge in [-0.05, 0) is 35.4 Å². The largest absolute Gasteiger partial charge is 0.325 e. The summed E-state index contributed by atoms with van der Waals surface area (Å²) in [6.07, 6.45) is 2.28. The average molecular weight is 419 g/mol. The van der Waals surface area contributed by atoms with E-state index in [1.807, 2.05) is 36.4 Å². The van der Waals surface area contributed by atoms with Gasteiger partial charge in [0.05, 0.1) is 4.92 Å². The number of nitrogens with one attached hydrogen (secondary N) is 2. The van der Waals surface area contributed by atoms with Crippen molar-refractivity contribution >= 4 is 40.0 Å². The molecule has 0 spiro atoms. The van der Waals surface area contributed by atoms with Crippen LogP contribution in [0.15, 0.2) is 60.9 Å². The third kappa shape index (κ3) is 3.54. The lowest BCUT2D eigenvalue weighted by atomic mass is 9.90. The predicted octanol–water partition coefficient (Wildman–Crippen LogP) is 2.55. The fourth-order valence-electron chi connectivity index (χ4n) is 3.51. The molecule has 1 saturated heterocycles. The zero-order valence-corrected chi connectivity index (χ0v) is 16.4. The smallest absolute Gasteiger partial charge is 0.319 e. The number of rotatable bonds is 5. The van der Waals surface area contributed by atoms with Crippen molar-refractivity contribution in [1.82, 2.24) is 15.2 Å². The molecule has 4 rings (SSSR count). The molecule has 1 aliphatic heterocycles. The van der Waals surface area contributed by atoms with Gasteiger partial charge in [-0.15, -0.1) is 0 Å². The Kier molecular flexibility index (Phi) is 4.82. The van der Waals surface area contributed by atoms with Crippen molar-refractivity contribution in [2.24, 2.45) is 0 Å². The van der Waals surface area contributed by atoms with E-state index in [-0.39, 0.29) is 5.69 Å². The molecule has 1 aliphatic rings. The van der Waals surface area contributed by atoms with Gasteiger partial charge in [0.1, 0.15) is 24.0 Å². The summed E-state index contributed by atoms with van der Waals surface area (Å²) >= 11 is 0. The number of carbonyl (C=O) groups is 3. The zero-order valence-electron chi connectivity index (χ0n) is 16.4. The highest BCUT2D eigenvalue weighted by molar-refractivity contribution is 6.10. The monoisotopic (exact) mass is 419 g/mol. The van der Waals surface area contributed by atoms with Gasteiger partial charge in [-0.25, -0.2) is 4.79 Å². The zero-order chi connectivity index (χ0) is 22.2. The van der Waals surface area contributed by atoms with Gasteiger partial charge in [-0.3, -0.25) is 29.6 Å². The van der Waals surface area contributed by atoms with Crippen LogP contribution in [0.2, 0.25) is 0 Å². The SMILES string of the molecule is CC1(c2ccc3ccccc3c2)NC(=O)N(CC(=O)Nc2ccncc2[N+](=O)[O-])C1=O. The first kappa shape index (κ1) is 20.0. The highest BCUT2D eigenvalue weighted by atomic mass is 16.6. The maximum absolute atomic E-state index is 13.1. The Hall–Kier alpha value is -4.34. The fourth-order valence-corrected chi connectivity index (χ4v) is 3.51. The second kappa shape index (κ2) is 7.48. The molecule has 1 atom stereocenters. The molecule has 31 heavy (non-hydrogen) atoms. The lowest BCUT2D eigenvalue weighted by molar-refractivity contribution is -0.384. The minimum Gasteiger partial charge on any atom is -0.319 e. The molecule has 2 heterocycles. The molecule has 0 radical (unpaired) electrons. The number of nitrogens with zero attached hydrogens (tertiary/aromatic N) is 3. The summed E-state index contributed by atoms with van der Waals surface area (Å²) < 4.78 is 0. The van der Waals surface area contributed by atoms with Crippen molar-refractivity contribution in [2.75, 3.05) is 11.9 Å². The first-order valence-electron chi connectivity index (χ1n) is 9.31. The van der Waals surface area contributed by atoms with Gasteiger partial charge in [0.15, 0.2) is 0 Å². The second-order valence-electron chi connectivity index (χ2n) is 7.21. The van der Waals surface area contributed by atoms with Gasteiger partial charge in [0.2, 0.25) is 5.91 Å². The van der Waals surface area contributed by atoms with Crippen molar-refractivity contribution in [1.29, 1.82) is 0 Å². The molecular formula is C21H17N5O5. The molecule has 0 aliphatic carbocycles.